The predicted octanol–water partition coefficient (Wildman–Crippen LogP) is 2.21. The van der Waals surface area contributed by atoms with Crippen LogP contribution in [-0.4, -0.2) is 31.1 Å². The van der Waals surface area contributed by atoms with Crippen molar-refractivity contribution in [3.63, 3.8) is 0 Å². The summed E-state index contributed by atoms with van der Waals surface area (Å²) in [5.74, 6) is -0.652. The molecule has 1 aliphatic rings. The van der Waals surface area contributed by atoms with E-state index in [1.165, 1.54) is 32.4 Å². The lowest BCUT2D eigenvalue weighted by molar-refractivity contribution is 0.0924. The van der Waals surface area contributed by atoms with Crippen molar-refractivity contribution in [1.29, 1.82) is 0 Å². The van der Waals surface area contributed by atoms with Gasteiger partial charge >= 0.3 is 0 Å². The summed E-state index contributed by atoms with van der Waals surface area (Å²) in [5.41, 5.74) is 0.482. The first-order chi connectivity index (χ1) is 10.6. The van der Waals surface area contributed by atoms with Crippen LogP contribution in [0.2, 0.25) is 0 Å². The fraction of sp³-hybridized carbons (Fsp3) is 0.125. The molecule has 0 aromatic heterocycles. The average Bonchev–Trinajstić information content (AvgIpc) is 2.78. The Bertz CT molecular complexity index is 784. The number of anilines is 1. The number of methoxy groups -OCH3 is 2. The van der Waals surface area contributed by atoms with Crippen LogP contribution in [0.5, 0.6) is 17.2 Å². The third kappa shape index (κ3) is 1.81. The summed E-state index contributed by atoms with van der Waals surface area (Å²) in [5, 5.41) is 9.91. The highest BCUT2D eigenvalue weighted by atomic mass is 16.5. The van der Waals surface area contributed by atoms with E-state index in [1.807, 2.05) is 0 Å². The molecule has 0 saturated heterocycles. The normalized spacial score (nSPS) is 13.3. The zero-order chi connectivity index (χ0) is 15.9. The summed E-state index contributed by atoms with van der Waals surface area (Å²) in [6, 6.07) is 9.24. The van der Waals surface area contributed by atoms with Crippen LogP contribution in [0.25, 0.3) is 0 Å². The Balaban J connectivity index is 2.19. The third-order valence-electron chi connectivity index (χ3n) is 3.52. The van der Waals surface area contributed by atoms with Crippen LogP contribution in [0, 0.1) is 0 Å². The number of hydrogen-bond donors (Lipinski definition) is 1. The molecule has 22 heavy (non-hydrogen) atoms. The van der Waals surface area contributed by atoms with Gasteiger partial charge in [-0.05, 0) is 24.3 Å². The number of phenolic OH excluding ortho intramolecular Hbond substituents is 1. The van der Waals surface area contributed by atoms with Gasteiger partial charge in [0, 0.05) is 0 Å². The van der Waals surface area contributed by atoms with Gasteiger partial charge < -0.3 is 14.6 Å². The number of ether oxygens (including phenoxy) is 2. The third-order valence-corrected chi connectivity index (χ3v) is 3.52. The van der Waals surface area contributed by atoms with E-state index in [0.29, 0.717) is 5.75 Å². The van der Waals surface area contributed by atoms with Crippen LogP contribution in [0.4, 0.5) is 5.69 Å². The molecule has 2 aromatic rings. The van der Waals surface area contributed by atoms with Gasteiger partial charge in [0.25, 0.3) is 11.8 Å². The number of imide groups is 1. The number of phenols is 1. The second kappa shape index (κ2) is 5.07. The summed E-state index contributed by atoms with van der Waals surface area (Å²) < 4.78 is 10.4. The number of aromatic hydroxyl groups is 1. The molecule has 0 radical (unpaired) electrons. The van der Waals surface area contributed by atoms with Gasteiger partial charge in [-0.3, -0.25) is 9.59 Å². The predicted molar refractivity (Wildman–Crippen MR) is 78.8 cm³/mol. The van der Waals surface area contributed by atoms with Crippen LogP contribution >= 0.6 is 0 Å². The number of fused-ring (bicyclic) bond motifs is 1. The molecule has 0 bridgehead atoms. The topological polar surface area (TPSA) is 76.1 Å². The van der Waals surface area contributed by atoms with Gasteiger partial charge in [0.05, 0.1) is 31.0 Å². The molecule has 3 rings (SSSR count). The zero-order valence-electron chi connectivity index (χ0n) is 12.0. The molecule has 6 heteroatoms. The molecule has 2 aromatic carbocycles. The van der Waals surface area contributed by atoms with Crippen molar-refractivity contribution in [1.82, 2.24) is 0 Å². The number of benzene rings is 2. The van der Waals surface area contributed by atoms with E-state index in [-0.39, 0.29) is 28.3 Å². The van der Waals surface area contributed by atoms with Gasteiger partial charge in [0.15, 0.2) is 11.5 Å². The summed E-state index contributed by atoms with van der Waals surface area (Å²) in [4.78, 5) is 26.1. The van der Waals surface area contributed by atoms with E-state index < -0.39 is 11.8 Å². The largest absolute Gasteiger partial charge is 0.506 e. The molecule has 0 saturated carbocycles. The standard InChI is InChI=1S/C16H13NO5/c1-21-12-8-7-9-13(14(12)22-2)16(20)17(15(9)19)10-5-3-4-6-11(10)18/h3-8,18H,1-2H3. The summed E-state index contributed by atoms with van der Waals surface area (Å²) >= 11 is 0. The highest BCUT2D eigenvalue weighted by Gasteiger charge is 2.41. The molecule has 0 unspecified atom stereocenters. The van der Waals surface area contributed by atoms with Gasteiger partial charge in [-0.1, -0.05) is 12.1 Å². The summed E-state index contributed by atoms with van der Waals surface area (Å²) in [7, 11) is 2.85. The van der Waals surface area contributed by atoms with Crippen LogP contribution in [-0.2, 0) is 0 Å². The Hall–Kier alpha value is -3.02. The minimum absolute atomic E-state index is 0.134. The van der Waals surface area contributed by atoms with Crippen molar-refractivity contribution in [2.24, 2.45) is 0 Å². The number of para-hydroxylation sites is 2. The average molecular weight is 299 g/mol. The van der Waals surface area contributed by atoms with Crippen molar-refractivity contribution in [2.45, 2.75) is 0 Å². The van der Waals surface area contributed by atoms with Crippen LogP contribution < -0.4 is 14.4 Å². The second-order valence-corrected chi connectivity index (χ2v) is 4.66. The van der Waals surface area contributed by atoms with E-state index >= 15 is 0 Å². The smallest absolute Gasteiger partial charge is 0.270 e. The highest BCUT2D eigenvalue weighted by molar-refractivity contribution is 6.35. The molecular weight excluding hydrogens is 286 g/mol. The number of carbonyl (C=O) groups excluding carboxylic acids is 2. The van der Waals surface area contributed by atoms with E-state index in [9.17, 15) is 14.7 Å². The molecule has 1 heterocycles. The quantitative estimate of drug-likeness (QED) is 0.879. The minimum Gasteiger partial charge on any atom is -0.506 e. The van der Waals surface area contributed by atoms with Crippen molar-refractivity contribution in [3.8, 4) is 17.2 Å². The van der Waals surface area contributed by atoms with E-state index in [1.54, 1.807) is 18.2 Å². The fourth-order valence-electron chi connectivity index (χ4n) is 2.51. The van der Waals surface area contributed by atoms with Crippen LogP contribution in [0.3, 0.4) is 0 Å². The fourth-order valence-corrected chi connectivity index (χ4v) is 2.51. The van der Waals surface area contributed by atoms with Gasteiger partial charge in [-0.2, -0.15) is 0 Å². The van der Waals surface area contributed by atoms with Crippen LogP contribution in [0.1, 0.15) is 20.7 Å². The first-order valence-corrected chi connectivity index (χ1v) is 6.52. The maximum absolute atomic E-state index is 12.7. The van der Waals surface area contributed by atoms with Crippen molar-refractivity contribution in [2.75, 3.05) is 19.1 Å². The van der Waals surface area contributed by atoms with Gasteiger partial charge in [0.2, 0.25) is 0 Å². The molecule has 112 valence electrons. The Kier molecular flexibility index (Phi) is 3.21. The molecule has 0 aliphatic carbocycles. The molecule has 1 N–H and O–H groups in total. The summed E-state index contributed by atoms with van der Waals surface area (Å²) in [6.45, 7) is 0. The van der Waals surface area contributed by atoms with Gasteiger partial charge in [-0.15, -0.1) is 0 Å². The molecule has 0 spiro atoms. The van der Waals surface area contributed by atoms with E-state index in [4.69, 9.17) is 9.47 Å². The molecule has 1 aliphatic heterocycles. The number of carbonyl (C=O) groups is 2. The molecule has 6 nitrogen and oxygen atoms in total. The number of rotatable bonds is 3. The minimum atomic E-state index is -0.558. The first-order valence-electron chi connectivity index (χ1n) is 6.52. The molecule has 0 atom stereocenters. The maximum atomic E-state index is 12.7. The molecule has 0 fully saturated rings. The van der Waals surface area contributed by atoms with E-state index in [2.05, 4.69) is 0 Å². The van der Waals surface area contributed by atoms with Crippen molar-refractivity contribution in [3.05, 3.63) is 47.5 Å². The Morgan fingerprint density at radius 2 is 1.68 bits per heavy atom. The first kappa shape index (κ1) is 13.9. The SMILES string of the molecule is COc1ccc2c(c1OC)C(=O)N(c1ccccc1O)C2=O. The molecular formula is C16H13NO5. The van der Waals surface area contributed by atoms with Crippen LogP contribution in [0.15, 0.2) is 36.4 Å². The van der Waals surface area contributed by atoms with E-state index in [0.717, 1.165) is 4.90 Å². The maximum Gasteiger partial charge on any atom is 0.270 e. The second-order valence-electron chi connectivity index (χ2n) is 4.66. The Morgan fingerprint density at radius 1 is 0.955 bits per heavy atom. The number of amides is 2. The van der Waals surface area contributed by atoms with Crippen molar-refractivity contribution >= 4 is 17.5 Å². The lowest BCUT2D eigenvalue weighted by Crippen LogP contribution is -2.29. The zero-order valence-corrected chi connectivity index (χ0v) is 12.0. The monoisotopic (exact) mass is 299 g/mol. The Morgan fingerprint density at radius 3 is 2.32 bits per heavy atom. The van der Waals surface area contributed by atoms with Crippen molar-refractivity contribution < 1.29 is 24.2 Å². The highest BCUT2D eigenvalue weighted by Crippen LogP contribution is 2.41. The number of nitrogens with zero attached hydrogens (tertiary/aromatic N) is 1. The number of hydrogen-bond acceptors (Lipinski definition) is 5. The lowest BCUT2D eigenvalue weighted by atomic mass is 10.1. The van der Waals surface area contributed by atoms with Gasteiger partial charge in [-0.25, -0.2) is 4.90 Å². The molecule has 2 amide bonds. The lowest BCUT2D eigenvalue weighted by Gasteiger charge is -2.15. The summed E-state index contributed by atoms with van der Waals surface area (Å²) in [6.07, 6.45) is 0. The Labute approximate surface area is 126 Å². The van der Waals surface area contributed by atoms with Gasteiger partial charge in [0.1, 0.15) is 5.75 Å².